The lowest BCUT2D eigenvalue weighted by molar-refractivity contribution is 0.0559. The van der Waals surface area contributed by atoms with Gasteiger partial charge in [-0.2, -0.15) is 19.9 Å². The quantitative estimate of drug-likeness (QED) is 0.0206. The first kappa shape index (κ1) is 84.6. The first-order valence-corrected chi connectivity index (χ1v) is 44.3. The van der Waals surface area contributed by atoms with Crippen molar-refractivity contribution in [3.05, 3.63) is 207 Å². The van der Waals surface area contributed by atoms with Gasteiger partial charge in [-0.15, -0.1) is 0 Å². The number of nitrogen functional groups attached to an aromatic ring is 4. The van der Waals surface area contributed by atoms with Crippen LogP contribution in [0.25, 0.3) is 44.7 Å². The Hall–Kier alpha value is -9.31. The molecule has 0 spiro atoms. The molecule has 4 aliphatic rings. The van der Waals surface area contributed by atoms with Crippen LogP contribution in [0.2, 0.25) is 5.02 Å². The van der Waals surface area contributed by atoms with Crippen LogP contribution in [0.1, 0.15) is 83.5 Å². The molecule has 0 amide bonds. The van der Waals surface area contributed by atoms with Crippen LogP contribution in [0.3, 0.4) is 0 Å². The summed E-state index contributed by atoms with van der Waals surface area (Å²) in [7, 11) is -13.5. The Bertz CT molecular complexity index is 5170. The van der Waals surface area contributed by atoms with Gasteiger partial charge in [-0.3, -0.25) is 75.5 Å². The molecule has 0 bridgehead atoms. The number of anilines is 4. The fraction of sp³-hybridized carbons (Fsp3) is 0.371. The Morgan fingerprint density at radius 1 is 0.397 bits per heavy atom. The molecular formula is C70H82BrClN20O20P4. The second kappa shape index (κ2) is 38.0. The fourth-order valence-electron chi connectivity index (χ4n) is 12.3. The minimum absolute atomic E-state index is 0.00634. The van der Waals surface area contributed by atoms with Gasteiger partial charge in [-0.05, 0) is 60.4 Å². The van der Waals surface area contributed by atoms with E-state index in [4.69, 9.17) is 89.7 Å². The third-order valence-electron chi connectivity index (χ3n) is 18.1. The maximum atomic E-state index is 12.9. The van der Waals surface area contributed by atoms with Crippen molar-refractivity contribution < 1.29 is 73.4 Å². The molecule has 16 rings (SSSR count). The van der Waals surface area contributed by atoms with Gasteiger partial charge in [0.15, 0.2) is 44.7 Å². The monoisotopic (exact) mass is 1760 g/mol. The largest absolute Gasteiger partial charge is 0.369 e. The van der Waals surface area contributed by atoms with Gasteiger partial charge < -0.3 is 78.2 Å². The Kier molecular flexibility index (Phi) is 27.7. The fourth-order valence-corrected chi connectivity index (χ4v) is 18.9. The number of rotatable bonds is 24. The summed E-state index contributed by atoms with van der Waals surface area (Å²) in [6.07, 6.45) is 6.54. The van der Waals surface area contributed by atoms with Crippen LogP contribution >= 0.6 is 57.9 Å². The summed E-state index contributed by atoms with van der Waals surface area (Å²) in [6.45, 7) is 7.59. The van der Waals surface area contributed by atoms with E-state index >= 15 is 0 Å². The number of halogens is 2. The number of nitrogens with two attached hydrogens (primary N) is 4. The van der Waals surface area contributed by atoms with E-state index in [2.05, 4.69) is 75.7 Å². The number of aromatic nitrogens is 16. The second-order valence-electron chi connectivity index (χ2n) is 26.6. The number of benzene rings is 4. The van der Waals surface area contributed by atoms with Crippen LogP contribution in [0.15, 0.2) is 146 Å². The number of hydrogen-bond acceptors (Lipinski definition) is 32. The maximum absolute atomic E-state index is 12.9. The highest BCUT2D eigenvalue weighted by molar-refractivity contribution is 9.10. The predicted molar refractivity (Wildman–Crippen MR) is 429 cm³/mol. The Morgan fingerprint density at radius 3 is 0.879 bits per heavy atom. The van der Waals surface area contributed by atoms with Gasteiger partial charge in [0, 0.05) is 61.4 Å². The molecule has 40 nitrogen and oxygen atoms in total. The van der Waals surface area contributed by atoms with E-state index in [9.17, 15) is 37.4 Å². The summed E-state index contributed by atoms with van der Waals surface area (Å²) in [6, 6.07) is 30.8. The minimum Gasteiger partial charge on any atom is -0.369 e. The molecule has 12 heterocycles. The van der Waals surface area contributed by atoms with Crippen molar-refractivity contribution in [2.24, 2.45) is 0 Å². The van der Waals surface area contributed by atoms with Crippen LogP contribution in [0.5, 0.6) is 0 Å². The van der Waals surface area contributed by atoms with Gasteiger partial charge >= 0.3 is 30.4 Å². The summed E-state index contributed by atoms with van der Waals surface area (Å²) in [5.41, 5.74) is 29.0. The molecule has 616 valence electrons. The molecular weight excluding hydrogens is 1680 g/mol. The normalized spacial score (nSPS) is 22.2. The molecule has 4 saturated heterocycles. The number of hydrogen-bond donors (Lipinski definition) is 8. The molecule has 46 heteroatoms. The highest BCUT2D eigenvalue weighted by Crippen LogP contribution is 2.59. The number of nitrogens with one attached hydrogen (secondary N) is 4. The molecule has 0 aliphatic carbocycles. The number of imidazole rings is 4. The van der Waals surface area contributed by atoms with E-state index in [0.717, 1.165) is 37.9 Å². The van der Waals surface area contributed by atoms with Crippen molar-refractivity contribution in [3.8, 4) is 0 Å². The third kappa shape index (κ3) is 21.9. The van der Waals surface area contributed by atoms with E-state index < -0.39 is 52.6 Å². The zero-order chi connectivity index (χ0) is 81.7. The first-order valence-electron chi connectivity index (χ1n) is 36.2. The summed E-state index contributed by atoms with van der Waals surface area (Å²) < 4.78 is 126. The van der Waals surface area contributed by atoms with Crippen LogP contribution in [-0.4, -0.2) is 156 Å². The van der Waals surface area contributed by atoms with Crippen molar-refractivity contribution in [3.63, 3.8) is 0 Å². The molecule has 8 atom stereocenters. The van der Waals surface area contributed by atoms with Crippen molar-refractivity contribution in [1.29, 1.82) is 0 Å². The Morgan fingerprint density at radius 2 is 0.629 bits per heavy atom. The van der Waals surface area contributed by atoms with Gasteiger partial charge in [0.05, 0.1) is 103 Å². The van der Waals surface area contributed by atoms with Crippen molar-refractivity contribution in [1.82, 2.24) is 78.1 Å². The molecule has 0 saturated carbocycles. The van der Waals surface area contributed by atoms with Crippen molar-refractivity contribution in [2.45, 2.75) is 90.1 Å². The molecule has 8 aromatic heterocycles. The molecule has 12 N–H and O–H groups in total. The number of H-pyrrole nitrogens is 4. The summed E-state index contributed by atoms with van der Waals surface area (Å²) in [5, 5.41) is 0.623. The topological polar surface area (TPSA) is 537 Å². The van der Waals surface area contributed by atoms with Gasteiger partial charge in [0.25, 0.3) is 22.2 Å². The van der Waals surface area contributed by atoms with Crippen molar-refractivity contribution >= 4 is 126 Å². The van der Waals surface area contributed by atoms with Crippen LogP contribution in [0, 0.1) is 13.8 Å². The summed E-state index contributed by atoms with van der Waals surface area (Å²) in [4.78, 5) is 89.3. The second-order valence-corrected chi connectivity index (χ2v) is 35.8. The number of ether oxygens (including phenoxy) is 4. The van der Waals surface area contributed by atoms with Crippen LogP contribution in [-0.2, 0) is 99.6 Å². The molecule has 8 unspecified atom stereocenters. The summed E-state index contributed by atoms with van der Waals surface area (Å²) in [5.74, 6) is 0.0472. The lowest BCUT2D eigenvalue weighted by Gasteiger charge is -2.30. The third-order valence-corrected chi connectivity index (χ3v) is 25.5. The number of fused-ring (bicyclic) bond motifs is 4. The van der Waals surface area contributed by atoms with E-state index in [1.54, 1.807) is 30.4 Å². The van der Waals surface area contributed by atoms with Gasteiger partial charge in [0.2, 0.25) is 23.8 Å². The van der Waals surface area contributed by atoms with Crippen LogP contribution < -0.4 is 45.2 Å². The van der Waals surface area contributed by atoms with Gasteiger partial charge in [-0.25, -0.2) is 19.9 Å². The molecule has 0 radical (unpaired) electrons. The van der Waals surface area contributed by atoms with E-state index in [1.165, 1.54) is 25.3 Å². The number of nitrogens with zero attached hydrogens (tertiary/aromatic N) is 12. The maximum Gasteiger partial charge on any atom is 0.356 e. The highest BCUT2D eigenvalue weighted by Gasteiger charge is 2.39. The SMILES string of the molecule is Cc1ccc(C2CCOP(=O)(COCCn3cnc4c(=O)[nH]c(N)nc43)O2)cc1.Cc1ccc(C2CCOP(=O)(COCCn3cnc4c(=O)[nH]c(N)nc43)O2)cc1.Nc1nc2c(ncn2CCOCP2(=O)OCCC(c3ccc(Br)cc3)O2)c(=O)[nH]1.Nc1nc2c(ncn2CCOCP2(=O)OCCC(c3ccc(Cl)cc3)O2)c(=O)[nH]1. The first-order chi connectivity index (χ1) is 55.7. The van der Waals surface area contributed by atoms with E-state index in [-0.39, 0.29) is 122 Å². The van der Waals surface area contributed by atoms with Crippen molar-refractivity contribution in [2.75, 3.05) is 101 Å². The average molecular weight is 1760 g/mol. The Balaban J connectivity index is 0.000000135. The molecule has 4 aromatic carbocycles. The zero-order valence-electron chi connectivity index (χ0n) is 62.4. The zero-order valence-corrected chi connectivity index (χ0v) is 68.3. The average Bonchev–Trinajstić information content (AvgIpc) is 1.65. The van der Waals surface area contributed by atoms with E-state index in [0.29, 0.717) is 106 Å². The lowest BCUT2D eigenvalue weighted by atomic mass is 10.1. The smallest absolute Gasteiger partial charge is 0.356 e. The summed E-state index contributed by atoms with van der Waals surface area (Å²) >= 11 is 9.31. The number of aromatic amines is 4. The van der Waals surface area contributed by atoms with Gasteiger partial charge in [-0.1, -0.05) is 111 Å². The Labute approximate surface area is 672 Å². The highest BCUT2D eigenvalue weighted by atomic mass is 79.9. The van der Waals surface area contributed by atoms with E-state index in [1.807, 2.05) is 98.8 Å². The van der Waals surface area contributed by atoms with Gasteiger partial charge in [0.1, 0.15) is 25.4 Å². The molecule has 4 fully saturated rings. The molecule has 4 aliphatic heterocycles. The standard InChI is InChI=1S/2C18H22N5O5P.C17H19BrN5O5P.C17H19ClN5O5P/c2*1-12-2-4-13(5-3-12)14-6-8-27-29(25,28-14)11-26-9-7-23-10-20-15-16(23)21-18(19)22-17(15)24;2*18-12-3-1-11(2-4-12)13-5-7-27-29(25,28-13)10-26-8-6-23-9-20-14-15(23)21-17(19)22-16(14)24/h2*2-5,10,14H,6-9,11H2,1H3,(H3,19,21,22,24);2*1-4,9,13H,5-8,10H2,(H3,19,21,22,24). The number of aryl methyl sites for hydroxylation is 2. The minimum atomic E-state index is -3.39. The van der Waals surface area contributed by atoms with Crippen LogP contribution in [0.4, 0.5) is 23.8 Å². The predicted octanol–water partition coefficient (Wildman–Crippen LogP) is 10.2. The molecule has 116 heavy (non-hydrogen) atoms. The lowest BCUT2D eigenvalue weighted by Crippen LogP contribution is -2.17. The molecule has 12 aromatic rings.